The molecule has 1 aliphatic rings. The molecule has 0 saturated carbocycles. The molecule has 15 nitrogen and oxygen atoms in total. The van der Waals surface area contributed by atoms with E-state index < -0.39 is 142 Å². The van der Waals surface area contributed by atoms with Crippen molar-refractivity contribution < 1.29 is 139 Å². The van der Waals surface area contributed by atoms with Gasteiger partial charge in [-0.05, 0) is 73.9 Å². The number of fused-ring (bicyclic) bond motifs is 3. The third kappa shape index (κ3) is 19.3. The van der Waals surface area contributed by atoms with Crippen LogP contribution in [-0.2, 0) is 88.5 Å². The van der Waals surface area contributed by atoms with Gasteiger partial charge in [-0.15, -0.1) is 0 Å². The Morgan fingerprint density at radius 1 is 0.551 bits per heavy atom. The molecule has 514 valence electrons. The molecule has 0 aliphatic carbocycles. The summed E-state index contributed by atoms with van der Waals surface area (Å²) in [6.07, 6.45) is -25.9. The fourth-order valence-corrected chi connectivity index (χ4v) is 9.34. The summed E-state index contributed by atoms with van der Waals surface area (Å²) in [7, 11) is 0. The Morgan fingerprint density at radius 2 is 0.939 bits per heavy atom. The Kier molecular flexibility index (Phi) is 24.3. The van der Waals surface area contributed by atoms with Gasteiger partial charge in [0.15, 0.2) is 34.4 Å². The fourth-order valence-electron chi connectivity index (χ4n) is 9.34. The Labute approximate surface area is 566 Å². The molecule has 98 heavy (non-hydrogen) atoms. The van der Waals surface area contributed by atoms with Crippen molar-refractivity contribution in [3.63, 3.8) is 0 Å². The predicted molar refractivity (Wildman–Crippen MR) is 313 cm³/mol. The molecule has 6 aromatic carbocycles. The number of ketones is 3. The van der Waals surface area contributed by atoms with Crippen LogP contribution in [0.2, 0.25) is 0 Å². The van der Waals surface area contributed by atoms with Crippen molar-refractivity contribution in [3.8, 4) is 0 Å². The number of nitrogens with one attached hydrogen (secondary N) is 1. The molecule has 10 rings (SSSR count). The number of ether oxygens (including phenoxy) is 1. The van der Waals surface area contributed by atoms with E-state index in [9.17, 15) is 104 Å². The zero-order chi connectivity index (χ0) is 71.5. The molecule has 3 N–H and O–H groups in total. The van der Waals surface area contributed by atoms with E-state index in [1.807, 2.05) is 0 Å². The second-order valence-electron chi connectivity index (χ2n) is 22.0. The number of H-pyrrole nitrogens is 1. The number of halogens is 18. The summed E-state index contributed by atoms with van der Waals surface area (Å²) in [5, 5.41) is 34.7. The van der Waals surface area contributed by atoms with E-state index in [4.69, 9.17) is 24.5 Å². The van der Waals surface area contributed by atoms with Gasteiger partial charge in [-0.1, -0.05) is 80.2 Å². The third-order valence-corrected chi connectivity index (χ3v) is 14.5. The van der Waals surface area contributed by atoms with Crippen LogP contribution in [0.15, 0.2) is 128 Å². The minimum Gasteiger partial charge on any atom is -1.00 e. The Morgan fingerprint density at radius 3 is 1.36 bits per heavy atom. The number of hydrogen-bond acceptors (Lipinski definition) is 9. The van der Waals surface area contributed by atoms with Gasteiger partial charge in [0.25, 0.3) is 0 Å². The van der Waals surface area contributed by atoms with Crippen LogP contribution in [0.1, 0.15) is 79.7 Å². The van der Waals surface area contributed by atoms with Crippen molar-refractivity contribution in [2.75, 3.05) is 6.61 Å². The molecular weight excluding hydrogens is 1360 g/mol. The van der Waals surface area contributed by atoms with Crippen LogP contribution in [0, 0.1) is 19.7 Å². The van der Waals surface area contributed by atoms with Crippen molar-refractivity contribution in [2.45, 2.75) is 114 Å². The second kappa shape index (κ2) is 29.9. The van der Waals surface area contributed by atoms with Crippen molar-refractivity contribution in [1.29, 1.82) is 0 Å². The molecule has 3 aromatic heterocycles. The standard InChI is InChI=1S/2C21H15F6N3O2.C13H10F3NO2.C8H5F3N2.CH4.Na.H/c1-19(32,11-30-17-5-3-4-14(20(22,23)24)13(17)10-29-30)18(31)9-12-6-7-16(28-2)15(8-12)21(25,26)27;1-19(32,11-30-10-13-14(20(22,23)24)4-3-5-16(13)29-30)18(31)9-12-6-7-17(28-2)15(8-12)21(25,26)27;1-12(7-19-12)11(18)6-8-3-4-10(17-2)9(5-8)13(14,15)16;9-8(10,11)6-2-1-3-7-5(6)4-12-13-7;;;/h2*3-8,10,32H,9,11H2,1H3;3-5H,6-7H2,1H3;1-4H,(H,12,13);1H4;;/q;;;;;+1;-1/t2*19-;12-;;;;/m000..../s1. The van der Waals surface area contributed by atoms with Gasteiger partial charge < -0.3 is 16.4 Å². The number of aromatic amines is 1. The number of hydrogen-bond donors (Lipinski definition) is 3. The molecular formula is C64H50F18N9NaO6. The number of aromatic nitrogens is 6. The van der Waals surface area contributed by atoms with Crippen molar-refractivity contribution >= 4 is 67.1 Å². The minimum absolute atomic E-state index is 0. The number of nitrogens with zero attached hydrogens (tertiary/aromatic N) is 8. The first-order valence-electron chi connectivity index (χ1n) is 27.3. The summed E-state index contributed by atoms with van der Waals surface area (Å²) in [6, 6.07) is 19.6. The minimum atomic E-state index is -4.80. The summed E-state index contributed by atoms with van der Waals surface area (Å²) in [4.78, 5) is 45.4. The van der Waals surface area contributed by atoms with E-state index in [0.717, 1.165) is 84.1 Å². The maximum Gasteiger partial charge on any atom is 1.00 e. The summed E-state index contributed by atoms with van der Waals surface area (Å²) in [6.45, 7) is 23.5. The van der Waals surface area contributed by atoms with Gasteiger partial charge in [0.1, 0.15) is 16.8 Å². The van der Waals surface area contributed by atoms with E-state index in [-0.39, 0.29) is 94.5 Å². The number of rotatable bonds is 13. The molecule has 9 aromatic rings. The van der Waals surface area contributed by atoms with Gasteiger partial charge in [0.2, 0.25) is 0 Å². The molecule has 34 heteroatoms. The van der Waals surface area contributed by atoms with Crippen LogP contribution in [-0.4, -0.2) is 80.7 Å². The van der Waals surface area contributed by atoms with Gasteiger partial charge >= 0.3 is 66.6 Å². The summed E-state index contributed by atoms with van der Waals surface area (Å²) in [5.41, 5.74) is -12.2. The molecule has 0 spiro atoms. The van der Waals surface area contributed by atoms with Gasteiger partial charge in [-0.2, -0.15) is 94.3 Å². The van der Waals surface area contributed by atoms with Gasteiger partial charge in [-0.3, -0.25) is 28.8 Å². The SMILES string of the molecule is C.FC(F)(F)c1cccc2[nH]ncc12.[C-]#[N+]c1ccc(CC(=O)[C@@](C)(O)Cn2cc3c(C(F)(F)F)cccc3n2)cc1C(F)(F)F.[C-]#[N+]c1ccc(CC(=O)[C@@](C)(O)Cn2ncc3c(C(F)(F)F)cccc32)cc1C(F)(F)F.[C-]#[N+]c1ccc(CC(=O)[C@]2(C)CO2)cc1C(F)(F)F.[H-].[Na+]. The molecule has 0 bridgehead atoms. The zero-order valence-electron chi connectivity index (χ0n) is 51.3. The van der Waals surface area contributed by atoms with Crippen molar-refractivity contribution in [2.24, 2.45) is 0 Å². The van der Waals surface area contributed by atoms with Gasteiger partial charge in [0, 0.05) is 41.6 Å². The molecule has 0 unspecified atom stereocenters. The van der Waals surface area contributed by atoms with Crippen LogP contribution < -0.4 is 29.6 Å². The number of benzene rings is 6. The smallest absolute Gasteiger partial charge is 1.00 e. The maximum absolute atomic E-state index is 13.2. The Hall–Kier alpha value is -9.17. The number of Topliss-reactive ketones (excluding diaryl/α,β-unsaturated/α-hetero) is 3. The van der Waals surface area contributed by atoms with Crippen molar-refractivity contribution in [3.05, 3.63) is 212 Å². The number of carbonyl (C=O) groups is 3. The summed E-state index contributed by atoms with van der Waals surface area (Å²) in [5.74, 6) is -1.98. The maximum atomic E-state index is 13.2. The first-order chi connectivity index (χ1) is 44.3. The predicted octanol–water partition coefficient (Wildman–Crippen LogP) is 13.9. The molecule has 0 amide bonds. The summed E-state index contributed by atoms with van der Waals surface area (Å²) >= 11 is 0. The zero-order valence-corrected chi connectivity index (χ0v) is 52.3. The van der Waals surface area contributed by atoms with Crippen LogP contribution >= 0.6 is 0 Å². The van der Waals surface area contributed by atoms with E-state index in [1.165, 1.54) is 48.7 Å². The Balaban J connectivity index is 0.000000291. The normalized spacial score (nSPS) is 15.1. The topological polar surface area (TPSA) is 182 Å². The molecule has 3 atom stereocenters. The number of epoxide rings is 1. The van der Waals surface area contributed by atoms with E-state index >= 15 is 0 Å². The second-order valence-corrected chi connectivity index (χ2v) is 22.0. The van der Waals surface area contributed by atoms with Crippen molar-refractivity contribution in [1.82, 2.24) is 29.8 Å². The molecule has 0 radical (unpaired) electrons. The summed E-state index contributed by atoms with van der Waals surface area (Å²) < 4.78 is 240. The van der Waals surface area contributed by atoms with E-state index in [0.29, 0.717) is 24.3 Å². The van der Waals surface area contributed by atoms with Crippen LogP contribution in [0.5, 0.6) is 0 Å². The first-order valence-corrected chi connectivity index (χ1v) is 27.3. The third-order valence-electron chi connectivity index (χ3n) is 14.5. The average Bonchev–Trinajstić information content (AvgIpc) is 1.68. The average molecular weight is 1410 g/mol. The number of alkyl halides is 18. The van der Waals surface area contributed by atoms with Gasteiger partial charge in [0.05, 0.1) is 102 Å². The van der Waals surface area contributed by atoms with Gasteiger partial charge in [-0.25, -0.2) is 14.5 Å². The van der Waals surface area contributed by atoms with Crippen LogP contribution in [0.25, 0.3) is 47.2 Å². The fraction of sp³-hybridized carbons (Fsp3) is 0.297. The first kappa shape index (κ1) is 79.5. The van der Waals surface area contributed by atoms with E-state index in [1.54, 1.807) is 13.0 Å². The largest absolute Gasteiger partial charge is 1.00 e. The number of aliphatic hydroxyl groups is 2. The quantitative estimate of drug-likeness (QED) is 0.0438. The van der Waals surface area contributed by atoms with Crippen LogP contribution in [0.3, 0.4) is 0 Å². The molecule has 4 heterocycles. The Bertz CT molecular complexity index is 4520. The monoisotopic (exact) mass is 1410 g/mol. The number of carbonyl (C=O) groups excluding carboxylic acids is 3. The van der Waals surface area contributed by atoms with E-state index in [2.05, 4.69) is 34.9 Å². The molecule has 1 aliphatic heterocycles. The van der Waals surface area contributed by atoms with Crippen LogP contribution in [0.4, 0.5) is 96.1 Å². The molecule has 1 saturated heterocycles. The molecule has 1 fully saturated rings.